The lowest BCUT2D eigenvalue weighted by Crippen LogP contribution is -2.34. The standard InChI is InChI=1S/C17H28N2O2/c1-4-5-6-7-12-21-16-10-8-15(9-11-16)18-13-17(20)19-14(2)3/h8-11,14,18H,4-7,12-13H2,1-3H3,(H,19,20). The van der Waals surface area contributed by atoms with Gasteiger partial charge < -0.3 is 15.4 Å². The predicted octanol–water partition coefficient (Wildman–Crippen LogP) is 3.58. The van der Waals surface area contributed by atoms with Crippen molar-refractivity contribution in [1.82, 2.24) is 5.32 Å². The first-order valence-corrected chi connectivity index (χ1v) is 7.88. The van der Waals surface area contributed by atoms with Crippen LogP contribution in [0.2, 0.25) is 0 Å². The zero-order valence-electron chi connectivity index (χ0n) is 13.4. The van der Waals surface area contributed by atoms with Crippen molar-refractivity contribution in [3.05, 3.63) is 24.3 Å². The smallest absolute Gasteiger partial charge is 0.239 e. The van der Waals surface area contributed by atoms with Crippen LogP contribution < -0.4 is 15.4 Å². The van der Waals surface area contributed by atoms with E-state index >= 15 is 0 Å². The van der Waals surface area contributed by atoms with Crippen LogP contribution in [-0.4, -0.2) is 25.1 Å². The third kappa shape index (κ3) is 8.23. The molecule has 0 fully saturated rings. The summed E-state index contributed by atoms with van der Waals surface area (Å²) in [6, 6.07) is 7.90. The zero-order chi connectivity index (χ0) is 15.5. The van der Waals surface area contributed by atoms with Crippen molar-refractivity contribution in [2.75, 3.05) is 18.5 Å². The fourth-order valence-electron chi connectivity index (χ4n) is 1.94. The van der Waals surface area contributed by atoms with Crippen molar-refractivity contribution in [3.8, 4) is 5.75 Å². The number of ether oxygens (including phenoxy) is 1. The first-order chi connectivity index (χ1) is 10.1. The van der Waals surface area contributed by atoms with E-state index in [0.29, 0.717) is 0 Å². The monoisotopic (exact) mass is 292 g/mol. The van der Waals surface area contributed by atoms with Gasteiger partial charge in [0.15, 0.2) is 0 Å². The lowest BCUT2D eigenvalue weighted by atomic mass is 10.2. The van der Waals surface area contributed by atoms with Crippen LogP contribution in [0, 0.1) is 0 Å². The van der Waals surface area contributed by atoms with Crippen molar-refractivity contribution in [2.24, 2.45) is 0 Å². The molecule has 0 radical (unpaired) electrons. The van der Waals surface area contributed by atoms with Gasteiger partial charge in [-0.05, 0) is 44.5 Å². The van der Waals surface area contributed by atoms with Crippen molar-refractivity contribution in [1.29, 1.82) is 0 Å². The SMILES string of the molecule is CCCCCCOc1ccc(NCC(=O)NC(C)C)cc1. The largest absolute Gasteiger partial charge is 0.494 e. The highest BCUT2D eigenvalue weighted by atomic mass is 16.5. The summed E-state index contributed by atoms with van der Waals surface area (Å²) < 4.78 is 5.68. The van der Waals surface area contributed by atoms with Gasteiger partial charge in [-0.3, -0.25) is 4.79 Å². The van der Waals surface area contributed by atoms with Gasteiger partial charge in [0.2, 0.25) is 5.91 Å². The number of hydrogen-bond donors (Lipinski definition) is 2. The molecular formula is C17H28N2O2. The summed E-state index contributed by atoms with van der Waals surface area (Å²) in [4.78, 5) is 11.5. The van der Waals surface area contributed by atoms with E-state index in [0.717, 1.165) is 24.5 Å². The van der Waals surface area contributed by atoms with Crippen LogP contribution in [0.3, 0.4) is 0 Å². The second kappa shape index (κ2) is 10.1. The van der Waals surface area contributed by atoms with Crippen LogP contribution in [0.25, 0.3) is 0 Å². The molecule has 0 aliphatic carbocycles. The average Bonchev–Trinajstić information content (AvgIpc) is 2.45. The molecule has 0 heterocycles. The molecule has 2 N–H and O–H groups in total. The Morgan fingerprint density at radius 2 is 1.86 bits per heavy atom. The Bertz CT molecular complexity index is 402. The van der Waals surface area contributed by atoms with E-state index in [2.05, 4.69) is 17.6 Å². The quantitative estimate of drug-likeness (QED) is 0.648. The molecule has 0 atom stereocenters. The Morgan fingerprint density at radius 3 is 2.48 bits per heavy atom. The summed E-state index contributed by atoms with van der Waals surface area (Å²) in [5.41, 5.74) is 0.923. The van der Waals surface area contributed by atoms with E-state index in [-0.39, 0.29) is 18.5 Å². The van der Waals surface area contributed by atoms with Gasteiger partial charge in [0.25, 0.3) is 0 Å². The second-order valence-electron chi connectivity index (χ2n) is 5.51. The number of anilines is 1. The topological polar surface area (TPSA) is 50.4 Å². The normalized spacial score (nSPS) is 10.5. The fraction of sp³-hybridized carbons (Fsp3) is 0.588. The Kier molecular flexibility index (Phi) is 8.32. The lowest BCUT2D eigenvalue weighted by molar-refractivity contribution is -0.119. The van der Waals surface area contributed by atoms with Gasteiger partial charge in [-0.15, -0.1) is 0 Å². The number of hydrogen-bond acceptors (Lipinski definition) is 3. The van der Waals surface area contributed by atoms with E-state index in [1.165, 1.54) is 19.3 Å². The van der Waals surface area contributed by atoms with Gasteiger partial charge >= 0.3 is 0 Å². The summed E-state index contributed by atoms with van der Waals surface area (Å²) in [7, 11) is 0. The summed E-state index contributed by atoms with van der Waals surface area (Å²) in [5, 5.41) is 5.94. The molecule has 4 heteroatoms. The van der Waals surface area contributed by atoms with E-state index in [1.54, 1.807) is 0 Å². The maximum absolute atomic E-state index is 11.5. The Labute approximate surface area is 128 Å². The highest BCUT2D eigenvalue weighted by Crippen LogP contribution is 2.16. The minimum absolute atomic E-state index is 0.00116. The molecule has 0 saturated heterocycles. The number of unbranched alkanes of at least 4 members (excludes halogenated alkanes) is 3. The molecule has 0 aliphatic rings. The molecule has 21 heavy (non-hydrogen) atoms. The first kappa shape index (κ1) is 17.3. The van der Waals surface area contributed by atoms with Crippen LogP contribution in [0.4, 0.5) is 5.69 Å². The molecule has 1 aromatic carbocycles. The maximum Gasteiger partial charge on any atom is 0.239 e. The number of rotatable bonds is 10. The van der Waals surface area contributed by atoms with Crippen LogP contribution in [0.5, 0.6) is 5.75 Å². The average molecular weight is 292 g/mol. The molecule has 1 amide bonds. The molecule has 1 rings (SSSR count). The van der Waals surface area contributed by atoms with Gasteiger partial charge in [-0.2, -0.15) is 0 Å². The van der Waals surface area contributed by atoms with Gasteiger partial charge in [-0.1, -0.05) is 26.2 Å². The summed E-state index contributed by atoms with van der Waals surface area (Å²) >= 11 is 0. The van der Waals surface area contributed by atoms with Gasteiger partial charge in [-0.25, -0.2) is 0 Å². The van der Waals surface area contributed by atoms with E-state index < -0.39 is 0 Å². The van der Waals surface area contributed by atoms with Crippen LogP contribution in [-0.2, 0) is 4.79 Å². The van der Waals surface area contributed by atoms with Crippen molar-refractivity contribution >= 4 is 11.6 Å². The molecule has 0 aliphatic heterocycles. The number of amides is 1. The Morgan fingerprint density at radius 1 is 1.14 bits per heavy atom. The molecule has 0 bridgehead atoms. The molecule has 1 aromatic rings. The fourth-order valence-corrected chi connectivity index (χ4v) is 1.94. The van der Waals surface area contributed by atoms with E-state index in [4.69, 9.17) is 4.74 Å². The molecule has 0 saturated carbocycles. The highest BCUT2D eigenvalue weighted by molar-refractivity contribution is 5.80. The molecule has 4 nitrogen and oxygen atoms in total. The number of nitrogens with one attached hydrogen (secondary N) is 2. The predicted molar refractivity (Wildman–Crippen MR) is 87.8 cm³/mol. The highest BCUT2D eigenvalue weighted by Gasteiger charge is 2.02. The number of benzene rings is 1. The number of carbonyl (C=O) groups excluding carboxylic acids is 1. The third-order valence-electron chi connectivity index (χ3n) is 3.02. The van der Waals surface area contributed by atoms with Crippen molar-refractivity contribution in [3.63, 3.8) is 0 Å². The maximum atomic E-state index is 11.5. The van der Waals surface area contributed by atoms with Gasteiger partial charge in [0.1, 0.15) is 5.75 Å². The molecule has 118 valence electrons. The molecule has 0 aromatic heterocycles. The Hall–Kier alpha value is -1.71. The van der Waals surface area contributed by atoms with Crippen LogP contribution in [0.15, 0.2) is 24.3 Å². The minimum atomic E-state index is 0.00116. The first-order valence-electron chi connectivity index (χ1n) is 7.88. The Balaban J connectivity index is 2.25. The minimum Gasteiger partial charge on any atom is -0.494 e. The molecule has 0 unspecified atom stereocenters. The summed E-state index contributed by atoms with van der Waals surface area (Å²) in [5.74, 6) is 0.880. The van der Waals surface area contributed by atoms with Crippen molar-refractivity contribution < 1.29 is 9.53 Å². The van der Waals surface area contributed by atoms with E-state index in [1.807, 2.05) is 38.1 Å². The molecular weight excluding hydrogens is 264 g/mol. The van der Waals surface area contributed by atoms with Crippen LogP contribution >= 0.6 is 0 Å². The summed E-state index contributed by atoms with van der Waals surface area (Å²) in [6.45, 7) is 7.15. The van der Waals surface area contributed by atoms with Gasteiger partial charge in [0, 0.05) is 11.7 Å². The van der Waals surface area contributed by atoms with E-state index in [9.17, 15) is 4.79 Å². The molecule has 0 spiro atoms. The number of carbonyl (C=O) groups is 1. The van der Waals surface area contributed by atoms with Crippen LogP contribution in [0.1, 0.15) is 46.5 Å². The second-order valence-corrected chi connectivity index (χ2v) is 5.51. The lowest BCUT2D eigenvalue weighted by Gasteiger charge is -2.11. The van der Waals surface area contributed by atoms with Crippen molar-refractivity contribution in [2.45, 2.75) is 52.5 Å². The zero-order valence-corrected chi connectivity index (χ0v) is 13.4. The third-order valence-corrected chi connectivity index (χ3v) is 3.02. The van der Waals surface area contributed by atoms with Gasteiger partial charge in [0.05, 0.1) is 13.2 Å². The summed E-state index contributed by atoms with van der Waals surface area (Å²) in [6.07, 6.45) is 4.83.